The van der Waals surface area contributed by atoms with Gasteiger partial charge in [-0.15, -0.1) is 0 Å². The Bertz CT molecular complexity index is 4310. The third-order valence-corrected chi connectivity index (χ3v) is 13.9. The Morgan fingerprint density at radius 2 is 0.844 bits per heavy atom. The second-order valence-electron chi connectivity index (χ2n) is 18.6. The molecule has 12 aromatic rings. The summed E-state index contributed by atoms with van der Waals surface area (Å²) in [6.45, 7) is 10.4. The van der Waals surface area contributed by atoms with E-state index in [0.717, 1.165) is 28.6 Å². The van der Waals surface area contributed by atoms with Crippen LogP contribution in [0.2, 0.25) is 0 Å². The van der Waals surface area contributed by atoms with Crippen molar-refractivity contribution in [2.45, 2.75) is 25.5 Å². The van der Waals surface area contributed by atoms with Crippen molar-refractivity contribution >= 4 is 49.3 Å². The first-order valence-corrected chi connectivity index (χ1v) is 24.0. The highest BCUT2D eigenvalue weighted by atomic mass is 19.4. The SMILES string of the molecule is [C-]#[N+]c1cc(-n2c3ccccc3c3ccc(-c4ccc(C)cc4C(F)(F)F)cc32)c(-n2c3ccccc3c3ccc(-c4ccc(C(F)(F)F)cc4C(F)(F)F)cc32)cc1-c1nc(-c2ccccc2)cc(-c2ccccc2)n1. The predicted molar refractivity (Wildman–Crippen MR) is 284 cm³/mol. The highest BCUT2D eigenvalue weighted by molar-refractivity contribution is 6.13. The van der Waals surface area contributed by atoms with Crippen LogP contribution in [0.25, 0.3) is 116 Å². The molecule has 0 saturated heterocycles. The number of nitrogens with zero attached hydrogens (tertiary/aromatic N) is 5. The molecule has 9 aromatic carbocycles. The van der Waals surface area contributed by atoms with E-state index in [1.165, 1.54) is 18.2 Å². The Hall–Kier alpha value is -9.48. The molecule has 14 heteroatoms. The van der Waals surface area contributed by atoms with E-state index in [2.05, 4.69) is 4.85 Å². The summed E-state index contributed by atoms with van der Waals surface area (Å²) in [5.74, 6) is 0.161. The van der Waals surface area contributed by atoms with Gasteiger partial charge < -0.3 is 9.13 Å². The fourth-order valence-electron chi connectivity index (χ4n) is 10.4. The number of hydrogen-bond acceptors (Lipinski definition) is 2. The monoisotopic (exact) mass is 1030 g/mol. The minimum absolute atomic E-state index is 0.0337. The fraction of sp³-hybridized carbons (Fsp3) is 0.0635. The third-order valence-electron chi connectivity index (χ3n) is 13.9. The summed E-state index contributed by atoms with van der Waals surface area (Å²) < 4.78 is 135. The molecule has 0 fully saturated rings. The number of benzene rings is 9. The molecule has 0 radical (unpaired) electrons. The molecule has 0 aliphatic rings. The summed E-state index contributed by atoms with van der Waals surface area (Å²) in [4.78, 5) is 14.3. The smallest absolute Gasteiger partial charge is 0.308 e. The average molecular weight is 1030 g/mol. The Labute approximate surface area is 433 Å². The van der Waals surface area contributed by atoms with Gasteiger partial charge in [0.25, 0.3) is 0 Å². The number of aryl methyl sites for hydroxylation is 1. The van der Waals surface area contributed by atoms with Crippen LogP contribution in [-0.2, 0) is 18.5 Å². The van der Waals surface area contributed by atoms with Gasteiger partial charge in [-0.3, -0.25) is 0 Å². The molecule has 0 spiro atoms. The molecular formula is C63H36F9N5. The molecule has 3 aromatic heterocycles. The Balaban J connectivity index is 1.22. The van der Waals surface area contributed by atoms with Gasteiger partial charge in [-0.25, -0.2) is 14.8 Å². The molecule has 12 rings (SSSR count). The van der Waals surface area contributed by atoms with E-state index in [4.69, 9.17) is 16.5 Å². The van der Waals surface area contributed by atoms with Crippen molar-refractivity contribution in [3.8, 4) is 67.5 Å². The number of para-hydroxylation sites is 2. The van der Waals surface area contributed by atoms with Crippen LogP contribution in [0.5, 0.6) is 0 Å². The van der Waals surface area contributed by atoms with E-state index in [-0.39, 0.29) is 39.8 Å². The van der Waals surface area contributed by atoms with Crippen molar-refractivity contribution < 1.29 is 39.5 Å². The number of halogens is 9. The Kier molecular flexibility index (Phi) is 11.4. The molecule has 0 atom stereocenters. The molecule has 5 nitrogen and oxygen atoms in total. The van der Waals surface area contributed by atoms with Crippen LogP contribution >= 0.6 is 0 Å². The number of fused-ring (bicyclic) bond motifs is 6. The highest BCUT2D eigenvalue weighted by Gasteiger charge is 2.39. The quantitative estimate of drug-likeness (QED) is 0.118. The van der Waals surface area contributed by atoms with E-state index in [1.54, 1.807) is 61.5 Å². The van der Waals surface area contributed by atoms with Gasteiger partial charge in [0.2, 0.25) is 0 Å². The largest absolute Gasteiger partial charge is 0.417 e. The maximum Gasteiger partial charge on any atom is 0.417 e. The number of hydrogen-bond donors (Lipinski definition) is 0. The zero-order valence-electron chi connectivity index (χ0n) is 40.2. The Morgan fingerprint density at radius 1 is 0.390 bits per heavy atom. The van der Waals surface area contributed by atoms with Crippen LogP contribution in [-0.4, -0.2) is 19.1 Å². The van der Waals surface area contributed by atoms with Crippen molar-refractivity contribution in [2.75, 3.05) is 0 Å². The van der Waals surface area contributed by atoms with Gasteiger partial charge in [0.1, 0.15) is 5.82 Å². The van der Waals surface area contributed by atoms with E-state index < -0.39 is 40.8 Å². The van der Waals surface area contributed by atoms with E-state index in [0.29, 0.717) is 72.6 Å². The topological polar surface area (TPSA) is 40.0 Å². The molecule has 0 aliphatic carbocycles. The minimum Gasteiger partial charge on any atom is -0.308 e. The fourth-order valence-corrected chi connectivity index (χ4v) is 10.4. The molecule has 0 unspecified atom stereocenters. The lowest BCUT2D eigenvalue weighted by Gasteiger charge is -2.20. The average Bonchev–Trinajstić information content (AvgIpc) is 4.13. The maximum atomic E-state index is 14.9. The summed E-state index contributed by atoms with van der Waals surface area (Å²) in [7, 11) is 0. The zero-order chi connectivity index (χ0) is 53.5. The maximum absolute atomic E-state index is 14.9. The van der Waals surface area contributed by atoms with Gasteiger partial charge in [-0.2, -0.15) is 39.5 Å². The molecular weight excluding hydrogens is 998 g/mol. The molecule has 376 valence electrons. The van der Waals surface area contributed by atoms with Crippen molar-refractivity contribution in [3.63, 3.8) is 0 Å². The summed E-state index contributed by atoms with van der Waals surface area (Å²) in [5.41, 5.74) is 2.00. The van der Waals surface area contributed by atoms with Crippen LogP contribution in [0.3, 0.4) is 0 Å². The second-order valence-corrected chi connectivity index (χ2v) is 18.6. The van der Waals surface area contributed by atoms with Gasteiger partial charge in [0, 0.05) is 38.2 Å². The number of aromatic nitrogens is 4. The van der Waals surface area contributed by atoms with Gasteiger partial charge in [0.15, 0.2) is 5.69 Å². The molecule has 0 N–H and O–H groups in total. The second kappa shape index (κ2) is 18.1. The van der Waals surface area contributed by atoms with Gasteiger partial charge >= 0.3 is 18.5 Å². The molecule has 0 bridgehead atoms. The molecule has 0 aliphatic heterocycles. The van der Waals surface area contributed by atoms with Crippen molar-refractivity contribution in [1.82, 2.24) is 19.1 Å². The standard InChI is InChI=1S/C63H36F9N5/c1-36-21-25-42(49(29-36)62(67,68)69)39-22-26-47-45-18-10-12-20-55(45)77(57(47)30-39)59-35-53(73-2)48(60-74-51(37-13-5-3-6-14-37)34-52(75-60)38-15-7-4-8-16-38)33-58(59)76-54-19-11-9-17-44(54)46-27-23-40(31-56(46)76)43-28-24-41(61(64,65)66)32-50(43)63(70,71)72/h3-35H,1H3. The lowest BCUT2D eigenvalue weighted by atomic mass is 9.96. The summed E-state index contributed by atoms with van der Waals surface area (Å²) in [5, 5.41) is 2.63. The first-order valence-electron chi connectivity index (χ1n) is 24.0. The van der Waals surface area contributed by atoms with Crippen molar-refractivity contribution in [3.05, 3.63) is 234 Å². The van der Waals surface area contributed by atoms with Crippen LogP contribution in [0, 0.1) is 13.5 Å². The summed E-state index contributed by atoms with van der Waals surface area (Å²) in [6.07, 6.45) is -14.9. The van der Waals surface area contributed by atoms with Crippen LogP contribution in [0.1, 0.15) is 22.3 Å². The number of alkyl halides is 9. The lowest BCUT2D eigenvalue weighted by molar-refractivity contribution is -0.143. The van der Waals surface area contributed by atoms with Gasteiger partial charge in [-0.1, -0.05) is 145 Å². The van der Waals surface area contributed by atoms with Crippen LogP contribution < -0.4 is 0 Å². The third kappa shape index (κ3) is 8.50. The molecule has 3 heterocycles. The van der Waals surface area contributed by atoms with Gasteiger partial charge in [-0.05, 0) is 89.8 Å². The molecule has 0 saturated carbocycles. The zero-order valence-corrected chi connectivity index (χ0v) is 40.2. The summed E-state index contributed by atoms with van der Waals surface area (Å²) in [6, 6.07) is 54.0. The molecule has 77 heavy (non-hydrogen) atoms. The van der Waals surface area contributed by atoms with Crippen molar-refractivity contribution in [1.29, 1.82) is 0 Å². The minimum atomic E-state index is -5.18. The first kappa shape index (κ1) is 48.5. The van der Waals surface area contributed by atoms with Crippen molar-refractivity contribution in [2.24, 2.45) is 0 Å². The first-order chi connectivity index (χ1) is 36.9. The lowest BCUT2D eigenvalue weighted by Crippen LogP contribution is -2.12. The highest BCUT2D eigenvalue weighted by Crippen LogP contribution is 2.47. The van der Waals surface area contributed by atoms with Crippen LogP contribution in [0.15, 0.2) is 200 Å². The van der Waals surface area contributed by atoms with Crippen LogP contribution in [0.4, 0.5) is 45.2 Å². The van der Waals surface area contributed by atoms with E-state index in [1.807, 2.05) is 112 Å². The van der Waals surface area contributed by atoms with Gasteiger partial charge in [0.05, 0.1) is 68.1 Å². The summed E-state index contributed by atoms with van der Waals surface area (Å²) >= 11 is 0. The normalized spacial score (nSPS) is 12.3. The predicted octanol–water partition coefficient (Wildman–Crippen LogP) is 18.9. The molecule has 0 amide bonds. The van der Waals surface area contributed by atoms with E-state index in [9.17, 15) is 39.5 Å². The number of rotatable bonds is 7. The Morgan fingerprint density at radius 3 is 1.34 bits per heavy atom. The van der Waals surface area contributed by atoms with E-state index >= 15 is 0 Å².